The number of aryl methyl sites for hydroxylation is 2. The van der Waals surface area contributed by atoms with E-state index in [-0.39, 0.29) is 0 Å². The van der Waals surface area contributed by atoms with Crippen LogP contribution in [0.25, 0.3) is 10.2 Å². The summed E-state index contributed by atoms with van der Waals surface area (Å²) in [5, 5.41) is 5.17. The molecule has 0 aromatic carbocycles. The van der Waals surface area contributed by atoms with Gasteiger partial charge in [0, 0.05) is 24.0 Å². The Bertz CT molecular complexity index is 874. The van der Waals surface area contributed by atoms with E-state index in [0.29, 0.717) is 6.04 Å². The summed E-state index contributed by atoms with van der Waals surface area (Å²) in [5.41, 5.74) is 1.35. The summed E-state index contributed by atoms with van der Waals surface area (Å²) in [7, 11) is 0. The first-order valence-corrected chi connectivity index (χ1v) is 11.3. The zero-order valence-corrected chi connectivity index (χ0v) is 17.0. The highest BCUT2D eigenvalue weighted by Crippen LogP contribution is 2.66. The second kappa shape index (κ2) is 6.13. The molecule has 0 amide bonds. The van der Waals surface area contributed by atoms with Crippen LogP contribution in [0.4, 0.5) is 5.82 Å². The fraction of sp³-hybridized carbons (Fsp3) is 0.714. The summed E-state index contributed by atoms with van der Waals surface area (Å²) in [6.07, 6.45) is 4.41. The van der Waals surface area contributed by atoms with E-state index in [4.69, 9.17) is 14.7 Å². The zero-order valence-electron chi connectivity index (χ0n) is 16.2. The lowest BCUT2D eigenvalue weighted by atomic mass is 10.0. The molecule has 2 bridgehead atoms. The van der Waals surface area contributed by atoms with Crippen molar-refractivity contribution >= 4 is 27.4 Å². The summed E-state index contributed by atoms with van der Waals surface area (Å²) in [4.78, 5) is 14.9. The summed E-state index contributed by atoms with van der Waals surface area (Å²) < 4.78 is 5.49. The largest absolute Gasteiger partial charge is 0.379 e. The van der Waals surface area contributed by atoms with E-state index in [2.05, 4.69) is 24.1 Å². The van der Waals surface area contributed by atoms with Crippen LogP contribution in [0.15, 0.2) is 0 Å². The maximum Gasteiger partial charge on any atom is 0.146 e. The van der Waals surface area contributed by atoms with Crippen molar-refractivity contribution in [2.75, 3.05) is 31.6 Å². The van der Waals surface area contributed by atoms with Gasteiger partial charge in [0.1, 0.15) is 16.5 Å². The van der Waals surface area contributed by atoms with Crippen molar-refractivity contribution in [2.24, 2.45) is 23.7 Å². The van der Waals surface area contributed by atoms with E-state index in [1.165, 1.54) is 35.1 Å². The molecular formula is C21H28N4OS. The number of aromatic nitrogens is 2. The molecule has 2 aromatic rings. The number of morpholine rings is 1. The Balaban J connectivity index is 1.32. The molecule has 5 nitrogen and oxygen atoms in total. The highest BCUT2D eigenvalue weighted by Gasteiger charge is 2.65. The lowest BCUT2D eigenvalue weighted by Crippen LogP contribution is -2.36. The Labute approximate surface area is 164 Å². The number of anilines is 1. The molecule has 0 radical (unpaired) electrons. The molecule has 6 rings (SSSR count). The van der Waals surface area contributed by atoms with Crippen molar-refractivity contribution in [2.45, 2.75) is 45.7 Å². The molecule has 4 fully saturated rings. The van der Waals surface area contributed by atoms with Crippen molar-refractivity contribution in [1.82, 2.24) is 14.9 Å². The van der Waals surface area contributed by atoms with E-state index >= 15 is 0 Å². The van der Waals surface area contributed by atoms with E-state index in [1.54, 1.807) is 0 Å². The molecular weight excluding hydrogens is 356 g/mol. The van der Waals surface area contributed by atoms with Gasteiger partial charge >= 0.3 is 0 Å². The molecule has 3 saturated carbocycles. The van der Waals surface area contributed by atoms with Gasteiger partial charge in [-0.1, -0.05) is 0 Å². The number of hydrogen-bond donors (Lipinski definition) is 1. The average Bonchev–Trinajstić information content (AvgIpc) is 2.95. The van der Waals surface area contributed by atoms with Crippen LogP contribution < -0.4 is 5.32 Å². The number of fused-ring (bicyclic) bond motifs is 6. The van der Waals surface area contributed by atoms with Crippen LogP contribution in [-0.4, -0.2) is 47.2 Å². The lowest BCUT2D eigenvalue weighted by molar-refractivity contribution is 0.0331. The summed E-state index contributed by atoms with van der Waals surface area (Å²) in [5.74, 6) is 5.85. The number of ether oxygens (including phenoxy) is 1. The molecule has 4 aliphatic rings. The Morgan fingerprint density at radius 3 is 2.59 bits per heavy atom. The monoisotopic (exact) mass is 384 g/mol. The number of thiophene rings is 1. The third kappa shape index (κ3) is 2.64. The SMILES string of the molecule is Cc1sc2nc(CN3CCOCC3)nc(NC3C4C5CCC(C5)C34)c2c1C. The number of nitrogens with zero attached hydrogens (tertiary/aromatic N) is 3. The first-order chi connectivity index (χ1) is 13.2. The molecule has 4 unspecified atom stereocenters. The highest BCUT2D eigenvalue weighted by molar-refractivity contribution is 7.18. The summed E-state index contributed by atoms with van der Waals surface area (Å²) in [6, 6.07) is 0.658. The van der Waals surface area contributed by atoms with Crippen LogP contribution >= 0.6 is 11.3 Å². The minimum absolute atomic E-state index is 0.658. The Hall–Kier alpha value is -1.24. The van der Waals surface area contributed by atoms with Crippen molar-refractivity contribution in [1.29, 1.82) is 0 Å². The van der Waals surface area contributed by atoms with Gasteiger partial charge < -0.3 is 10.1 Å². The van der Waals surface area contributed by atoms with Crippen LogP contribution in [0.5, 0.6) is 0 Å². The lowest BCUT2D eigenvalue weighted by Gasteiger charge is -2.26. The number of hydrogen-bond acceptors (Lipinski definition) is 6. The topological polar surface area (TPSA) is 50.3 Å². The van der Waals surface area contributed by atoms with Crippen LogP contribution in [-0.2, 0) is 11.3 Å². The van der Waals surface area contributed by atoms with Gasteiger partial charge in [-0.25, -0.2) is 9.97 Å². The van der Waals surface area contributed by atoms with E-state index in [1.807, 2.05) is 11.3 Å². The molecule has 0 spiro atoms. The summed E-state index contributed by atoms with van der Waals surface area (Å²) in [6.45, 7) is 8.84. The van der Waals surface area contributed by atoms with Gasteiger partial charge in [-0.3, -0.25) is 4.90 Å². The molecule has 1 saturated heterocycles. The van der Waals surface area contributed by atoms with Crippen molar-refractivity contribution in [3.05, 3.63) is 16.3 Å². The Morgan fingerprint density at radius 2 is 1.85 bits per heavy atom. The van der Waals surface area contributed by atoms with Crippen LogP contribution in [0.1, 0.15) is 35.5 Å². The smallest absolute Gasteiger partial charge is 0.146 e. The second-order valence-electron chi connectivity index (χ2n) is 9.00. The predicted octanol–water partition coefficient (Wildman–Crippen LogP) is 3.60. The Morgan fingerprint density at radius 1 is 1.11 bits per heavy atom. The quantitative estimate of drug-likeness (QED) is 0.873. The van der Waals surface area contributed by atoms with E-state index < -0.39 is 0 Å². The van der Waals surface area contributed by atoms with Crippen LogP contribution in [0, 0.1) is 37.5 Å². The van der Waals surface area contributed by atoms with Gasteiger partial charge in [0.2, 0.25) is 0 Å². The minimum atomic E-state index is 0.658. The molecule has 6 heteroatoms. The maximum absolute atomic E-state index is 5.49. The molecule has 2 aromatic heterocycles. The van der Waals surface area contributed by atoms with Gasteiger partial charge in [-0.05, 0) is 62.3 Å². The second-order valence-corrected chi connectivity index (χ2v) is 10.2. The first-order valence-electron chi connectivity index (χ1n) is 10.5. The van der Waals surface area contributed by atoms with Gasteiger partial charge in [0.05, 0.1) is 25.1 Å². The van der Waals surface area contributed by atoms with Crippen molar-refractivity contribution in [3.63, 3.8) is 0 Å². The summed E-state index contributed by atoms with van der Waals surface area (Å²) >= 11 is 1.82. The predicted molar refractivity (Wildman–Crippen MR) is 108 cm³/mol. The van der Waals surface area contributed by atoms with E-state index in [0.717, 1.165) is 73.0 Å². The first kappa shape index (κ1) is 16.7. The van der Waals surface area contributed by atoms with Gasteiger partial charge in [-0.2, -0.15) is 0 Å². The van der Waals surface area contributed by atoms with E-state index in [9.17, 15) is 0 Å². The molecule has 1 aliphatic heterocycles. The highest BCUT2D eigenvalue weighted by atomic mass is 32.1. The van der Waals surface area contributed by atoms with Crippen LogP contribution in [0.2, 0.25) is 0 Å². The fourth-order valence-corrected chi connectivity index (χ4v) is 7.15. The van der Waals surface area contributed by atoms with Crippen LogP contribution in [0.3, 0.4) is 0 Å². The van der Waals surface area contributed by atoms with Crippen molar-refractivity contribution < 1.29 is 4.74 Å². The molecule has 3 heterocycles. The molecule has 27 heavy (non-hydrogen) atoms. The zero-order chi connectivity index (χ0) is 18.1. The molecule has 144 valence electrons. The van der Waals surface area contributed by atoms with Gasteiger partial charge in [-0.15, -0.1) is 11.3 Å². The third-order valence-corrected chi connectivity index (χ3v) is 8.68. The molecule has 1 N–H and O–H groups in total. The Kier molecular flexibility index (Phi) is 3.79. The fourth-order valence-electron chi connectivity index (χ4n) is 6.10. The van der Waals surface area contributed by atoms with Gasteiger partial charge in [0.15, 0.2) is 0 Å². The molecule has 3 aliphatic carbocycles. The average molecular weight is 385 g/mol. The number of nitrogens with one attached hydrogen (secondary N) is 1. The van der Waals surface area contributed by atoms with Crippen molar-refractivity contribution in [3.8, 4) is 0 Å². The maximum atomic E-state index is 5.49. The van der Waals surface area contributed by atoms with Gasteiger partial charge in [0.25, 0.3) is 0 Å². The normalized spacial score (nSPS) is 35.0. The standard InChI is InChI=1S/C21H28N4OS/c1-11-12(2)27-21-16(11)20(22-15(23-21)10-25-5-7-26-8-6-25)24-19-17-13-3-4-14(9-13)18(17)19/h13-14,17-19H,3-10H2,1-2H3,(H,22,23,24). The molecule has 4 atom stereocenters. The third-order valence-electron chi connectivity index (χ3n) is 7.58. The minimum Gasteiger partial charge on any atom is -0.379 e. The number of rotatable bonds is 4.